The smallest absolute Gasteiger partial charge is 0.228 e. The van der Waals surface area contributed by atoms with E-state index < -0.39 is 0 Å². The van der Waals surface area contributed by atoms with Crippen molar-refractivity contribution in [2.24, 2.45) is 5.73 Å². The molecule has 0 aromatic heterocycles. The third-order valence-electron chi connectivity index (χ3n) is 3.39. The number of nitrogens with two attached hydrogens (primary N) is 1. The lowest BCUT2D eigenvalue weighted by atomic mass is 10.0. The molecule has 0 aliphatic carbocycles. The van der Waals surface area contributed by atoms with Crippen LogP contribution in [0.15, 0.2) is 40.9 Å². The van der Waals surface area contributed by atoms with E-state index in [0.29, 0.717) is 13.0 Å². The summed E-state index contributed by atoms with van der Waals surface area (Å²) in [5.41, 5.74) is 10.7. The standard InChI is InChI=1S/C17H19BrN2O/c1-11-7-12(2)17(15(18)8-11)20-16(21)9-13-5-3-4-6-14(13)10-19/h3-8H,9-10,19H2,1-2H3,(H,20,21). The van der Waals surface area contributed by atoms with Gasteiger partial charge in [0, 0.05) is 11.0 Å². The summed E-state index contributed by atoms with van der Waals surface area (Å²) in [4.78, 5) is 12.3. The van der Waals surface area contributed by atoms with Gasteiger partial charge in [-0.05, 0) is 58.1 Å². The molecular formula is C17H19BrN2O. The molecule has 0 aliphatic heterocycles. The number of carbonyl (C=O) groups excluding carboxylic acids is 1. The summed E-state index contributed by atoms with van der Waals surface area (Å²) in [6, 6.07) is 11.8. The van der Waals surface area contributed by atoms with Crippen molar-refractivity contribution >= 4 is 27.5 Å². The average Bonchev–Trinajstić information content (AvgIpc) is 2.43. The highest BCUT2D eigenvalue weighted by molar-refractivity contribution is 9.10. The van der Waals surface area contributed by atoms with Crippen molar-refractivity contribution in [1.82, 2.24) is 0 Å². The molecule has 0 saturated carbocycles. The summed E-state index contributed by atoms with van der Waals surface area (Å²) in [5.74, 6) is -0.0384. The first kappa shape index (κ1) is 15.7. The number of nitrogens with one attached hydrogen (secondary N) is 1. The minimum Gasteiger partial charge on any atom is -0.326 e. The van der Waals surface area contributed by atoms with Crippen molar-refractivity contribution in [1.29, 1.82) is 0 Å². The second-order valence-corrected chi connectivity index (χ2v) is 5.99. The van der Waals surface area contributed by atoms with Gasteiger partial charge in [0.2, 0.25) is 5.91 Å². The molecule has 2 aromatic rings. The maximum atomic E-state index is 12.3. The maximum absolute atomic E-state index is 12.3. The second-order valence-electron chi connectivity index (χ2n) is 5.14. The third-order valence-corrected chi connectivity index (χ3v) is 4.01. The molecule has 4 heteroatoms. The number of hydrogen-bond donors (Lipinski definition) is 2. The Balaban J connectivity index is 2.16. The topological polar surface area (TPSA) is 55.1 Å². The molecule has 3 N–H and O–H groups in total. The van der Waals surface area contributed by atoms with Crippen LogP contribution in [0.4, 0.5) is 5.69 Å². The lowest BCUT2D eigenvalue weighted by Crippen LogP contribution is -2.17. The Hall–Kier alpha value is -1.65. The Morgan fingerprint density at radius 3 is 2.48 bits per heavy atom. The van der Waals surface area contributed by atoms with Crippen LogP contribution in [0, 0.1) is 13.8 Å². The van der Waals surface area contributed by atoms with E-state index in [2.05, 4.69) is 21.2 Å². The molecule has 0 fully saturated rings. The molecule has 0 heterocycles. The highest BCUT2D eigenvalue weighted by Crippen LogP contribution is 2.28. The van der Waals surface area contributed by atoms with Crippen LogP contribution in [0.2, 0.25) is 0 Å². The Morgan fingerprint density at radius 2 is 1.86 bits per heavy atom. The number of halogens is 1. The van der Waals surface area contributed by atoms with E-state index in [1.54, 1.807) is 0 Å². The van der Waals surface area contributed by atoms with E-state index in [9.17, 15) is 4.79 Å². The van der Waals surface area contributed by atoms with Gasteiger partial charge in [-0.25, -0.2) is 0 Å². The summed E-state index contributed by atoms with van der Waals surface area (Å²) >= 11 is 3.51. The highest BCUT2D eigenvalue weighted by atomic mass is 79.9. The van der Waals surface area contributed by atoms with E-state index in [1.807, 2.05) is 50.2 Å². The van der Waals surface area contributed by atoms with Crippen LogP contribution >= 0.6 is 15.9 Å². The van der Waals surface area contributed by atoms with Crippen LogP contribution in [-0.4, -0.2) is 5.91 Å². The van der Waals surface area contributed by atoms with Crippen LogP contribution < -0.4 is 11.1 Å². The van der Waals surface area contributed by atoms with Crippen molar-refractivity contribution in [2.75, 3.05) is 5.32 Å². The van der Waals surface area contributed by atoms with Crippen molar-refractivity contribution in [3.63, 3.8) is 0 Å². The normalized spacial score (nSPS) is 10.5. The molecule has 110 valence electrons. The third kappa shape index (κ3) is 3.93. The molecule has 3 nitrogen and oxygen atoms in total. The zero-order chi connectivity index (χ0) is 15.4. The number of anilines is 1. The highest BCUT2D eigenvalue weighted by Gasteiger charge is 2.11. The van der Waals surface area contributed by atoms with Crippen LogP contribution in [0.1, 0.15) is 22.3 Å². The fraction of sp³-hybridized carbons (Fsp3) is 0.235. The van der Waals surface area contributed by atoms with E-state index in [-0.39, 0.29) is 5.91 Å². The van der Waals surface area contributed by atoms with E-state index in [0.717, 1.165) is 32.4 Å². The number of aryl methyl sites for hydroxylation is 2. The average molecular weight is 347 g/mol. The molecule has 0 aliphatic rings. The molecule has 0 spiro atoms. The molecule has 2 rings (SSSR count). The second kappa shape index (κ2) is 6.87. The molecule has 0 bridgehead atoms. The number of rotatable bonds is 4. The lowest BCUT2D eigenvalue weighted by Gasteiger charge is -2.13. The molecule has 0 atom stereocenters. The van der Waals surface area contributed by atoms with Gasteiger partial charge in [0.15, 0.2) is 0 Å². The van der Waals surface area contributed by atoms with Crippen LogP contribution in [0.25, 0.3) is 0 Å². The number of benzene rings is 2. The Bertz CT molecular complexity index is 645. The summed E-state index contributed by atoms with van der Waals surface area (Å²) in [6.45, 7) is 4.46. The van der Waals surface area contributed by atoms with E-state index in [4.69, 9.17) is 5.73 Å². The molecular weight excluding hydrogens is 328 g/mol. The van der Waals surface area contributed by atoms with E-state index in [1.165, 1.54) is 0 Å². The van der Waals surface area contributed by atoms with Gasteiger partial charge in [0.25, 0.3) is 0 Å². The van der Waals surface area contributed by atoms with Gasteiger partial charge < -0.3 is 11.1 Å². The number of hydrogen-bond acceptors (Lipinski definition) is 2. The van der Waals surface area contributed by atoms with Gasteiger partial charge in [0.1, 0.15) is 0 Å². The lowest BCUT2D eigenvalue weighted by molar-refractivity contribution is -0.115. The Labute approximate surface area is 133 Å². The first-order valence-electron chi connectivity index (χ1n) is 6.84. The molecule has 0 radical (unpaired) electrons. The zero-order valence-corrected chi connectivity index (χ0v) is 13.8. The van der Waals surface area contributed by atoms with Crippen LogP contribution in [0.5, 0.6) is 0 Å². The van der Waals surface area contributed by atoms with Crippen molar-refractivity contribution < 1.29 is 4.79 Å². The molecule has 2 aromatic carbocycles. The van der Waals surface area contributed by atoms with E-state index >= 15 is 0 Å². The first-order valence-corrected chi connectivity index (χ1v) is 7.64. The van der Waals surface area contributed by atoms with Gasteiger partial charge in [-0.1, -0.05) is 30.3 Å². The van der Waals surface area contributed by atoms with Crippen molar-refractivity contribution in [2.45, 2.75) is 26.8 Å². The molecule has 0 unspecified atom stereocenters. The van der Waals surface area contributed by atoms with Crippen LogP contribution in [0.3, 0.4) is 0 Å². The summed E-state index contributed by atoms with van der Waals surface area (Å²) in [7, 11) is 0. The predicted octanol–water partition coefficient (Wildman–Crippen LogP) is 3.71. The zero-order valence-electron chi connectivity index (χ0n) is 12.2. The number of carbonyl (C=O) groups is 1. The summed E-state index contributed by atoms with van der Waals surface area (Å²) in [5, 5.41) is 2.98. The fourth-order valence-electron chi connectivity index (χ4n) is 2.36. The van der Waals surface area contributed by atoms with Gasteiger partial charge in [-0.15, -0.1) is 0 Å². The van der Waals surface area contributed by atoms with Gasteiger partial charge in [-0.3, -0.25) is 4.79 Å². The first-order chi connectivity index (χ1) is 10.0. The molecule has 21 heavy (non-hydrogen) atoms. The number of amides is 1. The Morgan fingerprint density at radius 1 is 1.19 bits per heavy atom. The van der Waals surface area contributed by atoms with Gasteiger partial charge in [-0.2, -0.15) is 0 Å². The molecule has 0 saturated heterocycles. The quantitative estimate of drug-likeness (QED) is 0.886. The summed E-state index contributed by atoms with van der Waals surface area (Å²) < 4.78 is 0.903. The van der Waals surface area contributed by atoms with Gasteiger partial charge in [0.05, 0.1) is 12.1 Å². The van der Waals surface area contributed by atoms with Gasteiger partial charge >= 0.3 is 0 Å². The van der Waals surface area contributed by atoms with Crippen molar-refractivity contribution in [3.8, 4) is 0 Å². The van der Waals surface area contributed by atoms with Crippen molar-refractivity contribution in [3.05, 3.63) is 63.1 Å². The maximum Gasteiger partial charge on any atom is 0.228 e. The summed E-state index contributed by atoms with van der Waals surface area (Å²) in [6.07, 6.45) is 0.327. The fourth-order valence-corrected chi connectivity index (χ4v) is 3.13. The largest absolute Gasteiger partial charge is 0.326 e. The predicted molar refractivity (Wildman–Crippen MR) is 90.3 cm³/mol. The Kier molecular flexibility index (Phi) is 5.15. The van der Waals surface area contributed by atoms with Crippen LogP contribution in [-0.2, 0) is 17.8 Å². The minimum absolute atomic E-state index is 0.0384. The molecule has 1 amide bonds. The SMILES string of the molecule is Cc1cc(C)c(NC(=O)Cc2ccccc2CN)c(Br)c1. The minimum atomic E-state index is -0.0384. The monoisotopic (exact) mass is 346 g/mol.